The molecule has 0 radical (unpaired) electrons. The Balaban J connectivity index is 1.94. The van der Waals surface area contributed by atoms with Crippen LogP contribution >= 0.6 is 0 Å². The van der Waals surface area contributed by atoms with Crippen molar-refractivity contribution in [2.75, 3.05) is 17.4 Å². The first-order valence-electron chi connectivity index (χ1n) is 6.77. The van der Waals surface area contributed by atoms with Gasteiger partial charge in [0, 0.05) is 25.7 Å². The van der Waals surface area contributed by atoms with Gasteiger partial charge < -0.3 is 9.84 Å². The van der Waals surface area contributed by atoms with Gasteiger partial charge in [-0.05, 0) is 18.6 Å². The predicted octanol–water partition coefficient (Wildman–Crippen LogP) is 1.42. The van der Waals surface area contributed by atoms with E-state index >= 15 is 0 Å². The number of nitrogens with one attached hydrogen (secondary N) is 1. The number of benzene rings is 1. The second-order valence-corrected chi connectivity index (χ2v) is 6.96. The number of fused-ring (bicyclic) bond motifs is 1. The van der Waals surface area contributed by atoms with Crippen molar-refractivity contribution in [2.45, 2.75) is 19.2 Å². The van der Waals surface area contributed by atoms with Crippen molar-refractivity contribution in [3.05, 3.63) is 47.3 Å². The first kappa shape index (κ1) is 14.1. The van der Waals surface area contributed by atoms with Gasteiger partial charge in [-0.25, -0.2) is 8.42 Å². The van der Waals surface area contributed by atoms with Crippen molar-refractivity contribution < 1.29 is 12.9 Å². The highest BCUT2D eigenvalue weighted by Gasteiger charge is 2.27. The molecule has 0 saturated carbocycles. The molecule has 112 valence electrons. The molecule has 1 N–H and O–H groups in total. The van der Waals surface area contributed by atoms with Crippen molar-refractivity contribution in [1.29, 1.82) is 0 Å². The Kier molecular flexibility index (Phi) is 3.69. The van der Waals surface area contributed by atoms with Crippen molar-refractivity contribution in [3.8, 4) is 0 Å². The summed E-state index contributed by atoms with van der Waals surface area (Å²) in [5, 5.41) is 7.01. The number of hydrogen-bond acceptors (Lipinski definition) is 5. The van der Waals surface area contributed by atoms with Gasteiger partial charge in [-0.2, -0.15) is 0 Å². The minimum Gasteiger partial charge on any atom is -0.361 e. The number of rotatable bonds is 3. The number of nitrogens with zero attached hydrogens (tertiary/aromatic N) is 2. The maximum absolute atomic E-state index is 12.7. The van der Waals surface area contributed by atoms with E-state index in [1.807, 2.05) is 24.3 Å². The lowest BCUT2D eigenvalue weighted by Crippen LogP contribution is -2.35. The molecule has 0 unspecified atom stereocenters. The molecule has 1 aliphatic heterocycles. The maximum atomic E-state index is 12.7. The Morgan fingerprint density at radius 2 is 2.19 bits per heavy atom. The standard InChI is InChI=1S/C14H17N3O3S/c1-11-8-13(16-20-11)10-21(18,19)17-7-6-15-9-12-4-2-3-5-14(12)17/h2-5,8,15H,6-7,9-10H2,1H3. The molecule has 6 nitrogen and oxygen atoms in total. The number of sulfonamides is 1. The Morgan fingerprint density at radius 3 is 2.95 bits per heavy atom. The van der Waals surface area contributed by atoms with Gasteiger partial charge >= 0.3 is 0 Å². The van der Waals surface area contributed by atoms with Crippen LogP contribution in [0.4, 0.5) is 5.69 Å². The SMILES string of the molecule is Cc1cc(CS(=O)(=O)N2CCNCc3ccccc32)no1. The Hall–Kier alpha value is -1.86. The van der Waals surface area contributed by atoms with Crippen LogP contribution in [0.3, 0.4) is 0 Å². The highest BCUT2D eigenvalue weighted by atomic mass is 32.2. The fourth-order valence-electron chi connectivity index (χ4n) is 2.47. The van der Waals surface area contributed by atoms with Crippen LogP contribution in [0.25, 0.3) is 0 Å². The molecular weight excluding hydrogens is 290 g/mol. The van der Waals surface area contributed by atoms with Crippen molar-refractivity contribution >= 4 is 15.7 Å². The van der Waals surface area contributed by atoms with Crippen LogP contribution in [0.15, 0.2) is 34.9 Å². The maximum Gasteiger partial charge on any atom is 0.241 e. The van der Waals surface area contributed by atoms with Crippen LogP contribution in [-0.4, -0.2) is 26.7 Å². The summed E-state index contributed by atoms with van der Waals surface area (Å²) in [7, 11) is -3.49. The van der Waals surface area contributed by atoms with Gasteiger partial charge in [0.2, 0.25) is 10.0 Å². The van der Waals surface area contributed by atoms with Crippen molar-refractivity contribution in [1.82, 2.24) is 10.5 Å². The second-order valence-electron chi connectivity index (χ2n) is 5.06. The predicted molar refractivity (Wildman–Crippen MR) is 79.4 cm³/mol. The highest BCUT2D eigenvalue weighted by molar-refractivity contribution is 7.92. The molecule has 0 bridgehead atoms. The molecule has 2 heterocycles. The summed E-state index contributed by atoms with van der Waals surface area (Å²) in [6.07, 6.45) is 0. The molecule has 0 saturated heterocycles. The highest BCUT2D eigenvalue weighted by Crippen LogP contribution is 2.26. The number of aromatic nitrogens is 1. The van der Waals surface area contributed by atoms with E-state index in [4.69, 9.17) is 4.52 Å². The summed E-state index contributed by atoms with van der Waals surface area (Å²) in [6, 6.07) is 9.20. The lowest BCUT2D eigenvalue weighted by atomic mass is 10.2. The average molecular weight is 307 g/mol. The smallest absolute Gasteiger partial charge is 0.241 e. The Bertz CT molecular complexity index is 739. The van der Waals surface area contributed by atoms with Gasteiger partial charge in [-0.3, -0.25) is 4.31 Å². The van der Waals surface area contributed by atoms with Gasteiger partial charge in [0.25, 0.3) is 0 Å². The van der Waals surface area contributed by atoms with Crippen LogP contribution in [-0.2, 0) is 22.3 Å². The number of hydrogen-bond donors (Lipinski definition) is 1. The van der Waals surface area contributed by atoms with Crippen LogP contribution in [0, 0.1) is 6.92 Å². The minimum atomic E-state index is -3.49. The molecule has 3 rings (SSSR count). The summed E-state index contributed by atoms with van der Waals surface area (Å²) in [5.41, 5.74) is 2.15. The number of anilines is 1. The van der Waals surface area contributed by atoms with Gasteiger partial charge in [-0.1, -0.05) is 23.4 Å². The lowest BCUT2D eigenvalue weighted by molar-refractivity contribution is 0.392. The van der Waals surface area contributed by atoms with Crippen molar-refractivity contribution in [3.63, 3.8) is 0 Å². The molecule has 0 spiro atoms. The summed E-state index contributed by atoms with van der Waals surface area (Å²) in [4.78, 5) is 0. The molecule has 0 fully saturated rings. The van der Waals surface area contributed by atoms with E-state index in [0.29, 0.717) is 31.1 Å². The van der Waals surface area contributed by atoms with Gasteiger partial charge in [-0.15, -0.1) is 0 Å². The van der Waals surface area contributed by atoms with E-state index < -0.39 is 10.0 Å². The fourth-order valence-corrected chi connectivity index (χ4v) is 3.98. The quantitative estimate of drug-likeness (QED) is 0.928. The molecule has 21 heavy (non-hydrogen) atoms. The molecule has 2 aromatic rings. The van der Waals surface area contributed by atoms with E-state index in [2.05, 4.69) is 10.5 Å². The second kappa shape index (κ2) is 5.50. The van der Waals surface area contributed by atoms with E-state index in [1.165, 1.54) is 4.31 Å². The zero-order valence-electron chi connectivity index (χ0n) is 11.7. The summed E-state index contributed by atoms with van der Waals surface area (Å²) in [5.74, 6) is 0.455. The molecule has 1 aliphatic rings. The molecule has 0 aliphatic carbocycles. The molecule has 0 atom stereocenters. The first-order chi connectivity index (χ1) is 10.1. The van der Waals surface area contributed by atoms with Gasteiger partial charge in [0.15, 0.2) is 0 Å². The molecule has 0 amide bonds. The minimum absolute atomic E-state index is 0.154. The average Bonchev–Trinajstić information content (AvgIpc) is 2.73. The van der Waals surface area contributed by atoms with E-state index in [0.717, 1.165) is 11.3 Å². The largest absolute Gasteiger partial charge is 0.361 e. The topological polar surface area (TPSA) is 75.4 Å². The van der Waals surface area contributed by atoms with Gasteiger partial charge in [0.05, 0.1) is 5.69 Å². The van der Waals surface area contributed by atoms with E-state index in [9.17, 15) is 8.42 Å². The fraction of sp³-hybridized carbons (Fsp3) is 0.357. The zero-order chi connectivity index (χ0) is 14.9. The summed E-state index contributed by atoms with van der Waals surface area (Å²) < 4.78 is 31.8. The monoisotopic (exact) mass is 307 g/mol. The van der Waals surface area contributed by atoms with Crippen LogP contribution in [0.5, 0.6) is 0 Å². The third-order valence-electron chi connectivity index (χ3n) is 3.41. The van der Waals surface area contributed by atoms with E-state index in [-0.39, 0.29) is 5.75 Å². The molecular formula is C14H17N3O3S. The Morgan fingerprint density at radius 1 is 1.38 bits per heavy atom. The molecule has 1 aromatic heterocycles. The van der Waals surface area contributed by atoms with Gasteiger partial charge in [0.1, 0.15) is 17.2 Å². The molecule has 7 heteroatoms. The number of aryl methyl sites for hydroxylation is 1. The third kappa shape index (κ3) is 2.93. The lowest BCUT2D eigenvalue weighted by Gasteiger charge is -2.23. The Labute approximate surface area is 123 Å². The van der Waals surface area contributed by atoms with Crippen molar-refractivity contribution in [2.24, 2.45) is 0 Å². The number of para-hydroxylation sites is 1. The third-order valence-corrected chi connectivity index (χ3v) is 5.12. The van der Waals surface area contributed by atoms with E-state index in [1.54, 1.807) is 13.0 Å². The normalized spacial score (nSPS) is 15.6. The molecule has 1 aromatic carbocycles. The summed E-state index contributed by atoms with van der Waals surface area (Å²) >= 11 is 0. The van der Waals surface area contributed by atoms with Crippen LogP contribution < -0.4 is 9.62 Å². The van der Waals surface area contributed by atoms with Crippen LogP contribution in [0.2, 0.25) is 0 Å². The zero-order valence-corrected chi connectivity index (χ0v) is 12.6. The first-order valence-corrected chi connectivity index (χ1v) is 8.38. The van der Waals surface area contributed by atoms with Crippen LogP contribution in [0.1, 0.15) is 17.0 Å². The summed E-state index contributed by atoms with van der Waals surface area (Å²) in [6.45, 7) is 3.45.